The highest BCUT2D eigenvalue weighted by Crippen LogP contribution is 2.44. The number of terminal acetylenes is 1. The summed E-state index contributed by atoms with van der Waals surface area (Å²) in [5.41, 5.74) is 3.51. The van der Waals surface area contributed by atoms with Crippen LogP contribution in [0.5, 0.6) is 0 Å². The number of hydrogen-bond donors (Lipinski definition) is 2. The summed E-state index contributed by atoms with van der Waals surface area (Å²) in [6.45, 7) is 1.52. The number of alkyl carbamates (subject to hydrolysis) is 1. The number of ether oxygens (including phenoxy) is 1. The van der Waals surface area contributed by atoms with Crippen molar-refractivity contribution in [1.82, 2.24) is 5.32 Å². The first-order chi connectivity index (χ1) is 15.3. The number of carboxylic acid groups (broad SMARTS) is 1. The molecule has 32 heavy (non-hydrogen) atoms. The van der Waals surface area contributed by atoms with Crippen molar-refractivity contribution in [1.29, 1.82) is 0 Å². The van der Waals surface area contributed by atoms with Crippen LogP contribution in [0, 0.1) is 17.8 Å². The van der Waals surface area contributed by atoms with Crippen LogP contribution >= 0.6 is 0 Å². The van der Waals surface area contributed by atoms with E-state index in [2.05, 4.69) is 23.4 Å². The minimum atomic E-state index is -1.21. The molecule has 2 aromatic rings. The molecule has 166 valence electrons. The SMILES string of the molecule is C#C[C@@]1([C@@H](NC(=O)OCC2c3ccccc3-c3ccccc32)C(=O)O)CCC[N+](C)(C)C1. The van der Waals surface area contributed by atoms with Crippen molar-refractivity contribution in [3.8, 4) is 23.5 Å². The van der Waals surface area contributed by atoms with E-state index in [1.54, 1.807) is 0 Å². The lowest BCUT2D eigenvalue weighted by molar-refractivity contribution is -0.901. The minimum absolute atomic E-state index is 0.0942. The summed E-state index contributed by atoms with van der Waals surface area (Å²) < 4.78 is 6.18. The summed E-state index contributed by atoms with van der Waals surface area (Å²) >= 11 is 0. The van der Waals surface area contributed by atoms with Crippen LogP contribution in [0.4, 0.5) is 4.79 Å². The molecule has 1 heterocycles. The molecule has 0 spiro atoms. The van der Waals surface area contributed by atoms with Crippen molar-refractivity contribution in [3.63, 3.8) is 0 Å². The summed E-state index contributed by atoms with van der Waals surface area (Å²) in [6.07, 6.45) is 6.42. The van der Waals surface area contributed by atoms with E-state index in [0.29, 0.717) is 17.4 Å². The summed E-state index contributed by atoms with van der Waals surface area (Å²) in [5, 5.41) is 12.5. The van der Waals surface area contributed by atoms with Crippen LogP contribution in [0.3, 0.4) is 0 Å². The molecular weight excluding hydrogens is 404 g/mol. The second-order valence-electron chi connectivity index (χ2n) is 9.46. The normalized spacial score (nSPS) is 22.2. The third-order valence-electron chi connectivity index (χ3n) is 6.79. The number of quaternary nitrogens is 1. The number of carbonyl (C=O) groups excluding carboxylic acids is 1. The van der Waals surface area contributed by atoms with Crippen LogP contribution in [0.1, 0.15) is 29.9 Å². The number of carbonyl (C=O) groups is 2. The van der Waals surface area contributed by atoms with Gasteiger partial charge in [0.2, 0.25) is 0 Å². The van der Waals surface area contributed by atoms with Gasteiger partial charge in [0.25, 0.3) is 0 Å². The van der Waals surface area contributed by atoms with Gasteiger partial charge in [0.05, 0.1) is 27.2 Å². The Hall–Kier alpha value is -3.30. The zero-order valence-electron chi connectivity index (χ0n) is 18.5. The number of nitrogens with one attached hydrogen (secondary N) is 1. The Bertz CT molecular complexity index is 1040. The Kier molecular flexibility index (Phi) is 5.70. The second-order valence-corrected chi connectivity index (χ2v) is 9.46. The summed E-state index contributed by atoms with van der Waals surface area (Å²) in [5.74, 6) is 1.48. The number of hydrogen-bond acceptors (Lipinski definition) is 3. The smallest absolute Gasteiger partial charge is 0.407 e. The van der Waals surface area contributed by atoms with Gasteiger partial charge in [0, 0.05) is 5.92 Å². The van der Waals surface area contributed by atoms with Crippen LogP contribution in [0.15, 0.2) is 48.5 Å². The molecule has 0 aromatic heterocycles. The lowest BCUT2D eigenvalue weighted by atomic mass is 9.73. The van der Waals surface area contributed by atoms with Gasteiger partial charge in [0.1, 0.15) is 12.0 Å². The van der Waals surface area contributed by atoms with Gasteiger partial charge in [-0.15, -0.1) is 6.42 Å². The van der Waals surface area contributed by atoms with Crippen molar-refractivity contribution < 1.29 is 23.9 Å². The molecule has 6 heteroatoms. The topological polar surface area (TPSA) is 75.6 Å². The molecule has 0 unspecified atom stereocenters. The second kappa shape index (κ2) is 8.33. The van der Waals surface area contributed by atoms with Crippen LogP contribution in [-0.4, -0.2) is 61.5 Å². The van der Waals surface area contributed by atoms with Crippen LogP contribution in [0.25, 0.3) is 11.1 Å². The number of likely N-dealkylation sites (tertiary alicyclic amines) is 1. The third kappa shape index (κ3) is 3.96. The number of piperidine rings is 1. The first-order valence-electron chi connectivity index (χ1n) is 10.9. The molecule has 4 rings (SSSR count). The van der Waals surface area contributed by atoms with E-state index < -0.39 is 23.5 Å². The van der Waals surface area contributed by atoms with Crippen molar-refractivity contribution in [2.45, 2.75) is 24.8 Å². The maximum Gasteiger partial charge on any atom is 0.407 e. The van der Waals surface area contributed by atoms with Gasteiger partial charge >= 0.3 is 12.1 Å². The third-order valence-corrected chi connectivity index (χ3v) is 6.79. The highest BCUT2D eigenvalue weighted by molar-refractivity contribution is 5.82. The molecule has 2 N–H and O–H groups in total. The molecule has 2 aliphatic rings. The maximum absolute atomic E-state index is 12.7. The summed E-state index contributed by atoms with van der Waals surface area (Å²) in [6, 6.07) is 14.9. The lowest BCUT2D eigenvalue weighted by Crippen LogP contribution is -2.62. The molecule has 0 saturated carbocycles. The Balaban J connectivity index is 1.50. The van der Waals surface area contributed by atoms with Gasteiger partial charge in [-0.2, -0.15) is 0 Å². The molecule has 1 aliphatic heterocycles. The van der Waals surface area contributed by atoms with Gasteiger partial charge in [-0.05, 0) is 35.1 Å². The van der Waals surface area contributed by atoms with E-state index >= 15 is 0 Å². The Morgan fingerprint density at radius 2 is 1.78 bits per heavy atom. The van der Waals surface area contributed by atoms with E-state index in [4.69, 9.17) is 11.2 Å². The number of fused-ring (bicyclic) bond motifs is 3. The van der Waals surface area contributed by atoms with E-state index in [1.807, 2.05) is 50.5 Å². The van der Waals surface area contributed by atoms with E-state index in [-0.39, 0.29) is 12.5 Å². The van der Waals surface area contributed by atoms with Gasteiger partial charge in [-0.1, -0.05) is 54.5 Å². The lowest BCUT2D eigenvalue weighted by Gasteiger charge is -2.45. The zero-order valence-corrected chi connectivity index (χ0v) is 18.5. The summed E-state index contributed by atoms with van der Waals surface area (Å²) in [7, 11) is 4.05. The molecule has 0 radical (unpaired) electrons. The first kappa shape index (κ1) is 21.9. The van der Waals surface area contributed by atoms with Crippen molar-refractivity contribution in [3.05, 3.63) is 59.7 Å². The van der Waals surface area contributed by atoms with Crippen LogP contribution in [-0.2, 0) is 9.53 Å². The van der Waals surface area contributed by atoms with Gasteiger partial charge in [0.15, 0.2) is 6.04 Å². The fourth-order valence-electron chi connectivity index (χ4n) is 5.38. The largest absolute Gasteiger partial charge is 0.480 e. The molecule has 2 aromatic carbocycles. The Morgan fingerprint density at radius 1 is 1.19 bits per heavy atom. The molecule has 6 nitrogen and oxygen atoms in total. The molecule has 1 amide bonds. The predicted molar refractivity (Wildman–Crippen MR) is 122 cm³/mol. The maximum atomic E-state index is 12.7. The Labute approximate surface area is 188 Å². The number of amides is 1. The van der Waals surface area contributed by atoms with Gasteiger partial charge in [-0.25, -0.2) is 9.59 Å². The average molecular weight is 434 g/mol. The number of aliphatic carboxylic acids is 1. The van der Waals surface area contributed by atoms with Crippen LogP contribution < -0.4 is 5.32 Å². The van der Waals surface area contributed by atoms with E-state index in [1.165, 1.54) is 0 Å². The number of rotatable bonds is 5. The molecule has 0 bridgehead atoms. The number of nitrogens with zero attached hydrogens (tertiary/aromatic N) is 1. The Morgan fingerprint density at radius 3 is 2.31 bits per heavy atom. The fourth-order valence-corrected chi connectivity index (χ4v) is 5.38. The predicted octanol–water partition coefficient (Wildman–Crippen LogP) is 3.47. The molecule has 2 atom stereocenters. The monoisotopic (exact) mass is 433 g/mol. The van der Waals surface area contributed by atoms with E-state index in [0.717, 1.165) is 35.2 Å². The highest BCUT2D eigenvalue weighted by atomic mass is 16.5. The van der Waals surface area contributed by atoms with Crippen molar-refractivity contribution in [2.75, 3.05) is 33.8 Å². The summed E-state index contributed by atoms with van der Waals surface area (Å²) in [4.78, 5) is 24.9. The molecule has 1 fully saturated rings. The van der Waals surface area contributed by atoms with Gasteiger partial charge < -0.3 is 19.6 Å². The first-order valence-corrected chi connectivity index (χ1v) is 10.9. The van der Waals surface area contributed by atoms with Crippen LogP contribution in [0.2, 0.25) is 0 Å². The average Bonchev–Trinajstić information content (AvgIpc) is 3.09. The molecule has 1 saturated heterocycles. The quantitative estimate of drug-likeness (QED) is 0.559. The van der Waals surface area contributed by atoms with E-state index in [9.17, 15) is 14.7 Å². The standard InChI is InChI=1S/C26H28N2O4/c1-4-26(14-9-15-28(2,3)17-26)23(24(29)30)27-25(31)32-16-22-20-12-7-5-10-18(20)19-11-6-8-13-21(19)22/h1,5-8,10-13,22-23H,9,14-17H2,2-3H3,(H-,27,29,30,31)/p+1/t23-,26+/m0/s1. The molecule has 1 aliphatic carbocycles. The van der Waals surface area contributed by atoms with Gasteiger partial charge in [-0.3, -0.25) is 0 Å². The molecular formula is C26H29N2O4+. The van der Waals surface area contributed by atoms with Crippen molar-refractivity contribution in [2.24, 2.45) is 5.41 Å². The number of benzene rings is 2. The minimum Gasteiger partial charge on any atom is -0.480 e. The fraction of sp³-hybridized carbons (Fsp3) is 0.385. The highest BCUT2D eigenvalue weighted by Gasteiger charge is 2.50. The number of carboxylic acids is 1. The zero-order chi connectivity index (χ0) is 22.9. The van der Waals surface area contributed by atoms with Crippen molar-refractivity contribution >= 4 is 12.1 Å².